The summed E-state index contributed by atoms with van der Waals surface area (Å²) in [7, 11) is 2.26. The average Bonchev–Trinajstić information content (AvgIpc) is 3.31. The largest absolute Gasteiger partial charge is 0.492 e. The van der Waals surface area contributed by atoms with E-state index in [9.17, 15) is 33.6 Å². The second-order valence-electron chi connectivity index (χ2n) is 16.1. The molecule has 0 amide bonds. The first kappa shape index (κ1) is 52.8. The van der Waals surface area contributed by atoms with Crippen molar-refractivity contribution in [1.82, 2.24) is 0 Å². The highest BCUT2D eigenvalue weighted by molar-refractivity contribution is 5.92. The van der Waals surface area contributed by atoms with Gasteiger partial charge in [0.25, 0.3) is 0 Å². The minimum atomic E-state index is -1.58. The van der Waals surface area contributed by atoms with Crippen molar-refractivity contribution in [1.29, 1.82) is 0 Å². The maximum atomic E-state index is 13.1. The van der Waals surface area contributed by atoms with Crippen LogP contribution in [0.1, 0.15) is 84.1 Å². The molecule has 0 N–H and O–H groups in total. The van der Waals surface area contributed by atoms with Crippen molar-refractivity contribution in [3.8, 4) is 22.6 Å². The molecule has 3 rings (SSSR count). The number of carbonyl (C=O) groups excluding carboxylic acids is 7. The van der Waals surface area contributed by atoms with Gasteiger partial charge in [0.15, 0.2) is 0 Å². The third-order valence-electron chi connectivity index (χ3n) is 10.6. The molecule has 2 aromatic carbocycles. The number of unbranched alkanes of at least 4 members (excludes halogenated alkanes) is 2. The van der Waals surface area contributed by atoms with Gasteiger partial charge in [-0.05, 0) is 99.2 Å². The van der Waals surface area contributed by atoms with Crippen molar-refractivity contribution in [2.24, 2.45) is 17.3 Å². The minimum Gasteiger partial charge on any atom is -0.492 e. The number of methoxy groups -OCH3 is 2. The number of rotatable bonds is 26. The van der Waals surface area contributed by atoms with E-state index in [1.807, 2.05) is 18.2 Å². The number of carbonyl (C=O) groups is 7. The Hall–Kier alpha value is -6.51. The van der Waals surface area contributed by atoms with E-state index < -0.39 is 61.1 Å². The molecule has 15 nitrogen and oxygen atoms in total. The van der Waals surface area contributed by atoms with Crippen LogP contribution in [0.2, 0.25) is 0 Å². The number of benzene rings is 2. The van der Waals surface area contributed by atoms with Gasteiger partial charge in [-0.2, -0.15) is 0 Å². The molecule has 1 aliphatic rings. The number of aryl methyl sites for hydroxylation is 1. The predicted octanol–water partition coefficient (Wildman–Crippen LogP) is 7.73. The normalized spacial score (nSPS) is 14.8. The predicted molar refractivity (Wildman–Crippen MR) is 239 cm³/mol. The van der Waals surface area contributed by atoms with E-state index >= 15 is 0 Å². The summed E-state index contributed by atoms with van der Waals surface area (Å²) in [5.74, 6) is -3.79. The van der Waals surface area contributed by atoms with Gasteiger partial charge < -0.3 is 37.9 Å². The van der Waals surface area contributed by atoms with E-state index in [4.69, 9.17) is 28.4 Å². The van der Waals surface area contributed by atoms with E-state index in [0.717, 1.165) is 75.3 Å². The van der Waals surface area contributed by atoms with Gasteiger partial charge in [-0.1, -0.05) is 64.0 Å². The van der Waals surface area contributed by atoms with Gasteiger partial charge >= 0.3 is 41.8 Å². The van der Waals surface area contributed by atoms with Crippen LogP contribution in [0.4, 0.5) is 0 Å². The number of hydrogen-bond donors (Lipinski definition) is 0. The lowest BCUT2D eigenvalue weighted by Crippen LogP contribution is -2.44. The lowest BCUT2D eigenvalue weighted by molar-refractivity contribution is -0.159. The van der Waals surface area contributed by atoms with Crippen molar-refractivity contribution < 1.29 is 71.5 Å². The molecule has 1 fully saturated rings. The van der Waals surface area contributed by atoms with Crippen LogP contribution in [0.15, 0.2) is 91.1 Å². The van der Waals surface area contributed by atoms with Gasteiger partial charge in [0.1, 0.15) is 43.3 Å². The van der Waals surface area contributed by atoms with Crippen LogP contribution < -0.4 is 9.47 Å². The van der Waals surface area contributed by atoms with E-state index in [0.29, 0.717) is 35.8 Å². The molecule has 1 saturated carbocycles. The molecule has 0 bridgehead atoms. The zero-order valence-corrected chi connectivity index (χ0v) is 38.2. The topological polar surface area (TPSA) is 193 Å². The smallest absolute Gasteiger partial charge is 0.333 e. The summed E-state index contributed by atoms with van der Waals surface area (Å²) in [6, 6.07) is 12.6. The van der Waals surface area contributed by atoms with Crippen LogP contribution >= 0.6 is 0 Å². The van der Waals surface area contributed by atoms with Gasteiger partial charge in [0.05, 0.1) is 26.7 Å². The molecule has 352 valence electrons. The summed E-state index contributed by atoms with van der Waals surface area (Å²) in [4.78, 5) is 86.6. The van der Waals surface area contributed by atoms with Gasteiger partial charge in [-0.15, -0.1) is 0 Å². The van der Waals surface area contributed by atoms with Crippen LogP contribution in [-0.4, -0.2) is 89.0 Å². The first-order valence-corrected chi connectivity index (χ1v) is 21.7. The SMILES string of the molecule is C=C(C)C(=O)OCCCc1cc(-c2ccc(OC(=O)C3CCC(CCCCC)CC3)cc2)ccc1OCC(COC(=O)/C=C/C(=O)OC)(COC(=O)/C=C/C(=O)OC)COC(=O)C(=C)C. The molecule has 0 aliphatic heterocycles. The lowest BCUT2D eigenvalue weighted by Gasteiger charge is -2.32. The highest BCUT2D eigenvalue weighted by Crippen LogP contribution is 2.34. The molecule has 0 heterocycles. The number of ether oxygens (including phenoxy) is 8. The Morgan fingerprint density at radius 1 is 0.646 bits per heavy atom. The zero-order valence-electron chi connectivity index (χ0n) is 38.2. The van der Waals surface area contributed by atoms with Crippen LogP contribution in [0.25, 0.3) is 11.1 Å². The van der Waals surface area contributed by atoms with Gasteiger partial charge in [0, 0.05) is 35.5 Å². The monoisotopic (exact) mass is 902 g/mol. The van der Waals surface area contributed by atoms with E-state index in [1.54, 1.807) is 31.2 Å². The fourth-order valence-corrected chi connectivity index (χ4v) is 6.71. The van der Waals surface area contributed by atoms with Gasteiger partial charge in [-0.3, -0.25) is 4.79 Å². The van der Waals surface area contributed by atoms with Gasteiger partial charge in [0.2, 0.25) is 0 Å². The lowest BCUT2D eigenvalue weighted by atomic mass is 9.80. The third-order valence-corrected chi connectivity index (χ3v) is 10.6. The Kier molecular flexibility index (Phi) is 22.5. The van der Waals surface area contributed by atoms with Crippen LogP contribution in [0.5, 0.6) is 11.5 Å². The summed E-state index contributed by atoms with van der Waals surface area (Å²) < 4.78 is 43.0. The summed E-state index contributed by atoms with van der Waals surface area (Å²) in [6.07, 6.45) is 12.7. The number of esters is 7. The highest BCUT2D eigenvalue weighted by Gasteiger charge is 2.38. The first-order chi connectivity index (χ1) is 31.1. The summed E-state index contributed by atoms with van der Waals surface area (Å²) in [5.41, 5.74) is 0.981. The molecule has 2 aromatic rings. The van der Waals surface area contributed by atoms with E-state index in [-0.39, 0.29) is 36.2 Å². The standard InChI is InChI=1S/C50H62O15/c1-8-9-10-12-36-14-16-38(17-15-36)49(57)65-41-21-18-37(19-22-41)39-20-23-42(40(29-39)13-11-28-60-47(55)34(2)3)61-30-50(33-64-48(56)35(4)5,31-62-45(53)26-24-43(51)58-6)32-63-46(54)27-25-44(52)59-7/h18-27,29,36,38H,2,4,8-17,28,30-33H2,1,3,5-7H3/b26-24+,27-25+. The maximum absolute atomic E-state index is 13.1. The fourth-order valence-electron chi connectivity index (χ4n) is 6.71. The maximum Gasteiger partial charge on any atom is 0.333 e. The molecule has 0 radical (unpaired) electrons. The molecule has 15 heteroatoms. The molecule has 1 aliphatic carbocycles. The van der Waals surface area contributed by atoms with Crippen molar-refractivity contribution in [3.63, 3.8) is 0 Å². The molecule has 0 spiro atoms. The Morgan fingerprint density at radius 2 is 1.18 bits per heavy atom. The van der Waals surface area contributed by atoms with Crippen molar-refractivity contribution in [2.75, 3.05) is 47.3 Å². The second kappa shape index (κ2) is 27.6. The molecule has 0 unspecified atom stereocenters. The van der Waals surface area contributed by atoms with Crippen LogP contribution in [-0.2, 0) is 68.4 Å². The molecular weight excluding hydrogens is 841 g/mol. The molecular formula is C50H62O15. The Balaban J connectivity index is 1.92. The summed E-state index contributed by atoms with van der Waals surface area (Å²) in [6.45, 7) is 10.5. The van der Waals surface area contributed by atoms with E-state index in [1.165, 1.54) is 32.6 Å². The quantitative estimate of drug-likeness (QED) is 0.0293. The zero-order chi connectivity index (χ0) is 47.8. The molecule has 0 saturated heterocycles. The summed E-state index contributed by atoms with van der Waals surface area (Å²) >= 11 is 0. The molecule has 65 heavy (non-hydrogen) atoms. The Bertz CT molecular complexity index is 1990. The van der Waals surface area contributed by atoms with Crippen molar-refractivity contribution in [3.05, 3.63) is 96.6 Å². The van der Waals surface area contributed by atoms with Crippen molar-refractivity contribution in [2.45, 2.75) is 85.0 Å². The third kappa shape index (κ3) is 19.0. The van der Waals surface area contributed by atoms with Crippen LogP contribution in [0.3, 0.4) is 0 Å². The highest BCUT2D eigenvalue weighted by atomic mass is 16.6. The van der Waals surface area contributed by atoms with Crippen molar-refractivity contribution >= 4 is 41.8 Å². The van der Waals surface area contributed by atoms with E-state index in [2.05, 4.69) is 29.6 Å². The average molecular weight is 903 g/mol. The van der Waals surface area contributed by atoms with Gasteiger partial charge in [-0.25, -0.2) is 28.8 Å². The second-order valence-corrected chi connectivity index (χ2v) is 16.1. The minimum absolute atomic E-state index is 0.0580. The first-order valence-electron chi connectivity index (χ1n) is 21.7. The molecule has 0 atom stereocenters. The Labute approximate surface area is 381 Å². The molecule has 0 aromatic heterocycles. The number of hydrogen-bond acceptors (Lipinski definition) is 15. The Morgan fingerprint density at radius 3 is 1.74 bits per heavy atom. The fraction of sp³-hybridized carbons (Fsp3) is 0.460. The van der Waals surface area contributed by atoms with Crippen LogP contribution in [0, 0.1) is 17.3 Å². The summed E-state index contributed by atoms with van der Waals surface area (Å²) in [5, 5.41) is 0.